The highest BCUT2D eigenvalue weighted by molar-refractivity contribution is 5.97. The van der Waals surface area contributed by atoms with E-state index in [9.17, 15) is 0 Å². The van der Waals surface area contributed by atoms with Gasteiger partial charge < -0.3 is 4.90 Å². The van der Waals surface area contributed by atoms with E-state index in [-0.39, 0.29) is 5.41 Å². The summed E-state index contributed by atoms with van der Waals surface area (Å²) in [6.45, 7) is 4.67. The Balaban J connectivity index is 1.23. The Morgan fingerprint density at radius 2 is 0.842 bits per heavy atom. The molecule has 0 atom stereocenters. The van der Waals surface area contributed by atoms with Crippen molar-refractivity contribution in [2.24, 2.45) is 0 Å². The smallest absolute Gasteiger partial charge is 0.0714 e. The molecule has 0 aromatic heterocycles. The molecule has 57 heavy (non-hydrogen) atoms. The maximum atomic E-state index is 2.56. The fourth-order valence-electron chi connectivity index (χ4n) is 10.5. The summed E-state index contributed by atoms with van der Waals surface area (Å²) in [5.41, 5.74) is 16.7. The van der Waals surface area contributed by atoms with Crippen molar-refractivity contribution in [3.05, 3.63) is 221 Å². The Morgan fingerprint density at radius 3 is 1.46 bits per heavy atom. The van der Waals surface area contributed by atoms with Crippen LogP contribution >= 0.6 is 0 Å². The number of hydrogen-bond donors (Lipinski definition) is 0. The van der Waals surface area contributed by atoms with E-state index in [1.54, 1.807) is 0 Å². The largest absolute Gasteiger partial charge is 0.310 e. The average molecular weight is 736 g/mol. The van der Waals surface area contributed by atoms with Crippen molar-refractivity contribution in [1.29, 1.82) is 0 Å². The van der Waals surface area contributed by atoms with Crippen LogP contribution in [0.2, 0.25) is 0 Å². The van der Waals surface area contributed by atoms with E-state index in [0.717, 1.165) is 11.4 Å². The summed E-state index contributed by atoms with van der Waals surface area (Å²) < 4.78 is 0. The Morgan fingerprint density at radius 1 is 0.368 bits per heavy atom. The normalized spacial score (nSPS) is 14.1. The van der Waals surface area contributed by atoms with Crippen LogP contribution in [-0.4, -0.2) is 0 Å². The molecule has 1 nitrogen and oxygen atoms in total. The Hall–Kier alpha value is -6.18. The molecule has 0 aliphatic heterocycles. The summed E-state index contributed by atoms with van der Waals surface area (Å²) in [5.74, 6) is 0. The molecule has 0 saturated heterocycles. The van der Waals surface area contributed by atoms with Gasteiger partial charge in [-0.25, -0.2) is 0 Å². The van der Waals surface area contributed by atoms with Gasteiger partial charge in [0.05, 0.1) is 5.41 Å². The fraction of sp³-hybridized carbons (Fsp3) is 0.179. The third kappa shape index (κ3) is 5.51. The number of benzene rings is 8. The van der Waals surface area contributed by atoms with Crippen molar-refractivity contribution in [3.63, 3.8) is 0 Å². The summed E-state index contributed by atoms with van der Waals surface area (Å²) in [5, 5.41) is 2.53. The molecule has 2 aliphatic rings. The van der Waals surface area contributed by atoms with Crippen molar-refractivity contribution in [3.8, 4) is 22.3 Å². The Bertz CT molecular complexity index is 2660. The average Bonchev–Trinajstić information content (AvgIpc) is 3.71. The van der Waals surface area contributed by atoms with Gasteiger partial charge in [-0.15, -0.1) is 0 Å². The fourth-order valence-corrected chi connectivity index (χ4v) is 10.5. The maximum absolute atomic E-state index is 2.56. The van der Waals surface area contributed by atoms with Gasteiger partial charge in [0, 0.05) is 22.5 Å². The lowest BCUT2D eigenvalue weighted by Crippen LogP contribution is -2.28. The molecule has 0 amide bonds. The van der Waals surface area contributed by atoms with Crippen LogP contribution < -0.4 is 4.90 Å². The van der Waals surface area contributed by atoms with Crippen molar-refractivity contribution in [2.75, 3.05) is 4.90 Å². The van der Waals surface area contributed by atoms with Crippen LogP contribution in [0.25, 0.3) is 33.0 Å². The third-order valence-electron chi connectivity index (χ3n) is 13.1. The first-order valence-corrected chi connectivity index (χ1v) is 21.1. The first-order chi connectivity index (χ1) is 28.2. The first-order valence-electron chi connectivity index (χ1n) is 21.1. The quantitative estimate of drug-likeness (QED) is 0.128. The zero-order chi connectivity index (χ0) is 38.4. The van der Waals surface area contributed by atoms with E-state index < -0.39 is 5.41 Å². The van der Waals surface area contributed by atoms with Crippen LogP contribution in [0.1, 0.15) is 85.8 Å². The lowest BCUT2D eigenvalue weighted by Gasteiger charge is -2.35. The van der Waals surface area contributed by atoms with E-state index in [1.807, 2.05) is 0 Å². The maximum Gasteiger partial charge on any atom is 0.0714 e. The lowest BCUT2D eigenvalue weighted by atomic mass is 9.67. The summed E-state index contributed by atoms with van der Waals surface area (Å²) in [6.07, 6.45) is 7.16. The minimum Gasteiger partial charge on any atom is -0.310 e. The van der Waals surface area contributed by atoms with Gasteiger partial charge in [-0.05, 0) is 128 Å². The molecule has 0 saturated carbocycles. The molecule has 0 fully saturated rings. The molecule has 0 bridgehead atoms. The van der Waals surface area contributed by atoms with Crippen LogP contribution in [0.15, 0.2) is 188 Å². The molecule has 2 aliphatic carbocycles. The minimum absolute atomic E-state index is 0.00761. The number of unbranched alkanes of at least 4 members (excludes halogenated alkanes) is 2. The molecule has 8 aromatic rings. The van der Waals surface area contributed by atoms with Gasteiger partial charge in [0.25, 0.3) is 0 Å². The summed E-state index contributed by atoms with van der Waals surface area (Å²) in [6, 6.07) is 71.0. The van der Waals surface area contributed by atoms with E-state index in [0.29, 0.717) is 0 Å². The van der Waals surface area contributed by atoms with Gasteiger partial charge in [-0.1, -0.05) is 179 Å². The zero-order valence-corrected chi connectivity index (χ0v) is 33.1. The highest BCUT2D eigenvalue weighted by atomic mass is 15.1. The number of para-hydroxylation sites is 1. The van der Waals surface area contributed by atoms with E-state index in [2.05, 4.69) is 207 Å². The standard InChI is InChI=1S/C56H49N/c1-3-5-34-55(35-6-4-2)51-29-19-18-28-47(51)48-32-30-45(38-52(48)55)57(44-26-14-9-15-27-44)46-31-33-49-50-36-40-20-16-17-21-41(40)37-53(50)56(54(49)39-46,42-22-10-7-11-23-42)43-24-12-8-13-25-43/h7-33,36-39H,3-6,34-35H2,1-2H3. The Labute approximate surface area is 338 Å². The second kappa shape index (κ2) is 14.4. The van der Waals surface area contributed by atoms with Crippen molar-refractivity contribution in [2.45, 2.75) is 63.2 Å². The summed E-state index contributed by atoms with van der Waals surface area (Å²) in [4.78, 5) is 2.51. The second-order valence-corrected chi connectivity index (χ2v) is 16.2. The lowest BCUT2D eigenvalue weighted by molar-refractivity contribution is 0.414. The van der Waals surface area contributed by atoms with Crippen molar-refractivity contribution < 1.29 is 0 Å². The van der Waals surface area contributed by atoms with Crippen molar-refractivity contribution in [1.82, 2.24) is 0 Å². The molecule has 8 aromatic carbocycles. The van der Waals surface area contributed by atoms with Gasteiger partial charge in [-0.3, -0.25) is 0 Å². The minimum atomic E-state index is -0.509. The number of rotatable bonds is 11. The van der Waals surface area contributed by atoms with Crippen LogP contribution in [0.5, 0.6) is 0 Å². The number of hydrogen-bond acceptors (Lipinski definition) is 1. The number of fused-ring (bicyclic) bond motifs is 7. The predicted molar refractivity (Wildman–Crippen MR) is 241 cm³/mol. The topological polar surface area (TPSA) is 3.24 Å². The molecule has 0 radical (unpaired) electrons. The number of nitrogens with zero attached hydrogens (tertiary/aromatic N) is 1. The van der Waals surface area contributed by atoms with Gasteiger partial charge in [0.1, 0.15) is 0 Å². The van der Waals surface area contributed by atoms with Gasteiger partial charge in [0.2, 0.25) is 0 Å². The highest BCUT2D eigenvalue weighted by Crippen LogP contribution is 2.59. The zero-order valence-electron chi connectivity index (χ0n) is 33.1. The van der Waals surface area contributed by atoms with E-state index in [4.69, 9.17) is 0 Å². The molecule has 278 valence electrons. The van der Waals surface area contributed by atoms with Crippen molar-refractivity contribution >= 4 is 27.8 Å². The third-order valence-corrected chi connectivity index (χ3v) is 13.1. The van der Waals surface area contributed by atoms with Crippen LogP contribution in [0, 0.1) is 0 Å². The summed E-state index contributed by atoms with van der Waals surface area (Å²) >= 11 is 0. The van der Waals surface area contributed by atoms with E-state index in [1.165, 1.54) is 111 Å². The number of anilines is 3. The monoisotopic (exact) mass is 735 g/mol. The molecular formula is C56H49N. The predicted octanol–water partition coefficient (Wildman–Crippen LogP) is 15.3. The molecular weight excluding hydrogens is 687 g/mol. The van der Waals surface area contributed by atoms with Crippen LogP contribution in [0.3, 0.4) is 0 Å². The first kappa shape index (κ1) is 35.2. The SMILES string of the molecule is CCCCC1(CCCC)c2ccccc2-c2ccc(N(c3ccccc3)c3ccc4c(c3)C(c3ccccc3)(c3ccccc3)c3cc5ccccc5cc3-4)cc21. The molecule has 0 heterocycles. The van der Waals surface area contributed by atoms with Gasteiger partial charge in [-0.2, -0.15) is 0 Å². The van der Waals surface area contributed by atoms with Gasteiger partial charge >= 0.3 is 0 Å². The van der Waals surface area contributed by atoms with Crippen LogP contribution in [-0.2, 0) is 10.8 Å². The Kier molecular flexibility index (Phi) is 8.90. The van der Waals surface area contributed by atoms with Crippen LogP contribution in [0.4, 0.5) is 17.1 Å². The van der Waals surface area contributed by atoms with E-state index >= 15 is 0 Å². The molecule has 0 spiro atoms. The molecule has 1 heteroatoms. The summed E-state index contributed by atoms with van der Waals surface area (Å²) in [7, 11) is 0. The van der Waals surface area contributed by atoms with Gasteiger partial charge in [0.15, 0.2) is 0 Å². The molecule has 0 unspecified atom stereocenters. The second-order valence-electron chi connectivity index (χ2n) is 16.2. The molecule has 0 N–H and O–H groups in total. The molecule has 10 rings (SSSR count). The highest BCUT2D eigenvalue weighted by Gasteiger charge is 2.47.